The maximum absolute atomic E-state index is 11.9. The summed E-state index contributed by atoms with van der Waals surface area (Å²) in [6.45, 7) is 1.57. The average molecular weight is 256 g/mol. The summed E-state index contributed by atoms with van der Waals surface area (Å²) in [6.07, 6.45) is 0.0939. The number of methoxy groups -OCH3 is 1. The van der Waals surface area contributed by atoms with Crippen LogP contribution in [0.4, 0.5) is 0 Å². The first kappa shape index (κ1) is 13.7. The first-order valence-corrected chi connectivity index (χ1v) is 6.61. The standard InChI is InChI=1S/C11H14NO4S/c1-3-10(17(12,14)15)11(13)8-4-6-9(16-2)7-5-8/h4-7,10,12H,3H2,1-2H3. The minimum atomic E-state index is -4.11. The second-order valence-corrected chi connectivity index (χ2v) is 5.19. The lowest BCUT2D eigenvalue weighted by molar-refractivity contribution is 0.0985. The van der Waals surface area contributed by atoms with Crippen molar-refractivity contribution in [1.29, 1.82) is 0 Å². The first-order valence-electron chi connectivity index (χ1n) is 5.07. The van der Waals surface area contributed by atoms with Gasteiger partial charge in [0.05, 0.1) is 7.11 Å². The number of hydrogen-bond acceptors (Lipinski definition) is 4. The Morgan fingerprint density at radius 3 is 2.24 bits per heavy atom. The summed E-state index contributed by atoms with van der Waals surface area (Å²) in [7, 11) is -2.61. The van der Waals surface area contributed by atoms with Gasteiger partial charge in [-0.25, -0.2) is 8.42 Å². The van der Waals surface area contributed by atoms with Gasteiger partial charge in [0.25, 0.3) is 0 Å². The van der Waals surface area contributed by atoms with E-state index in [0.717, 1.165) is 0 Å². The van der Waals surface area contributed by atoms with E-state index >= 15 is 0 Å². The maximum Gasteiger partial charge on any atom is 0.235 e. The molecule has 1 rings (SSSR count). The molecule has 17 heavy (non-hydrogen) atoms. The van der Waals surface area contributed by atoms with Crippen LogP contribution >= 0.6 is 0 Å². The number of sulfonamides is 1. The molecule has 0 saturated heterocycles. The fourth-order valence-corrected chi connectivity index (χ4v) is 2.34. The van der Waals surface area contributed by atoms with Crippen molar-refractivity contribution in [3.63, 3.8) is 0 Å². The van der Waals surface area contributed by atoms with E-state index in [1.807, 2.05) is 0 Å². The zero-order valence-corrected chi connectivity index (χ0v) is 10.5. The Morgan fingerprint density at radius 2 is 1.88 bits per heavy atom. The van der Waals surface area contributed by atoms with Crippen molar-refractivity contribution in [1.82, 2.24) is 5.14 Å². The van der Waals surface area contributed by atoms with Gasteiger partial charge in [-0.3, -0.25) is 4.79 Å². The monoisotopic (exact) mass is 256 g/mol. The van der Waals surface area contributed by atoms with Gasteiger partial charge in [-0.2, -0.15) is 0 Å². The smallest absolute Gasteiger partial charge is 0.235 e. The van der Waals surface area contributed by atoms with E-state index in [2.05, 4.69) is 0 Å². The molecule has 1 unspecified atom stereocenters. The van der Waals surface area contributed by atoms with Gasteiger partial charge < -0.3 is 4.74 Å². The van der Waals surface area contributed by atoms with E-state index < -0.39 is 21.1 Å². The molecule has 0 aliphatic carbocycles. The molecule has 0 bridgehead atoms. The summed E-state index contributed by atoms with van der Waals surface area (Å²) in [6, 6.07) is 6.15. The summed E-state index contributed by atoms with van der Waals surface area (Å²) in [5, 5.41) is 5.68. The van der Waals surface area contributed by atoms with Crippen LogP contribution in [-0.2, 0) is 10.0 Å². The lowest BCUT2D eigenvalue weighted by atomic mass is 10.1. The lowest BCUT2D eigenvalue weighted by Crippen LogP contribution is -2.30. The van der Waals surface area contributed by atoms with Crippen molar-refractivity contribution in [3.05, 3.63) is 29.8 Å². The summed E-state index contributed by atoms with van der Waals surface area (Å²) in [4.78, 5) is 11.9. The normalized spacial score (nSPS) is 13.1. The highest BCUT2D eigenvalue weighted by Gasteiger charge is 2.29. The van der Waals surface area contributed by atoms with Crippen LogP contribution in [0.15, 0.2) is 24.3 Å². The van der Waals surface area contributed by atoms with Crippen molar-refractivity contribution in [2.75, 3.05) is 7.11 Å². The summed E-state index contributed by atoms with van der Waals surface area (Å²) < 4.78 is 27.2. The van der Waals surface area contributed by atoms with Gasteiger partial charge >= 0.3 is 0 Å². The third-order valence-electron chi connectivity index (χ3n) is 2.41. The molecule has 0 fully saturated rings. The number of carbonyl (C=O) groups excluding carboxylic acids is 1. The van der Waals surface area contributed by atoms with Crippen molar-refractivity contribution in [2.24, 2.45) is 0 Å². The van der Waals surface area contributed by atoms with Crippen molar-refractivity contribution < 1.29 is 17.9 Å². The summed E-state index contributed by atoms with van der Waals surface area (Å²) in [5.41, 5.74) is 0.272. The van der Waals surface area contributed by atoms with Gasteiger partial charge in [-0.05, 0) is 30.7 Å². The number of ether oxygens (including phenoxy) is 1. The Morgan fingerprint density at radius 1 is 1.35 bits per heavy atom. The van der Waals surface area contributed by atoms with Gasteiger partial charge in [-0.15, -0.1) is 5.14 Å². The Balaban J connectivity index is 3.02. The highest BCUT2D eigenvalue weighted by Crippen LogP contribution is 2.16. The van der Waals surface area contributed by atoms with E-state index in [-0.39, 0.29) is 12.0 Å². The quantitative estimate of drug-likeness (QED) is 0.742. The van der Waals surface area contributed by atoms with E-state index in [1.54, 1.807) is 19.1 Å². The first-order chi connectivity index (χ1) is 7.90. The van der Waals surface area contributed by atoms with Crippen LogP contribution in [0.2, 0.25) is 0 Å². The molecule has 0 spiro atoms. The van der Waals surface area contributed by atoms with Crippen LogP contribution in [-0.4, -0.2) is 26.6 Å². The van der Waals surface area contributed by atoms with Crippen molar-refractivity contribution in [2.45, 2.75) is 18.6 Å². The molecule has 1 radical (unpaired) electrons. The van der Waals surface area contributed by atoms with Crippen LogP contribution in [0.3, 0.4) is 0 Å². The molecular formula is C11H14NO4S. The number of carbonyl (C=O) groups is 1. The summed E-state index contributed by atoms with van der Waals surface area (Å²) in [5.74, 6) is 0.0356. The van der Waals surface area contributed by atoms with E-state index in [0.29, 0.717) is 5.75 Å². The van der Waals surface area contributed by atoms with Crippen molar-refractivity contribution in [3.8, 4) is 5.75 Å². The Hall–Kier alpha value is -1.40. The highest BCUT2D eigenvalue weighted by molar-refractivity contribution is 7.90. The molecule has 0 saturated carbocycles. The third-order valence-corrected chi connectivity index (χ3v) is 3.71. The molecule has 0 aromatic heterocycles. The molecule has 0 aliphatic heterocycles. The van der Waals surface area contributed by atoms with E-state index in [1.165, 1.54) is 19.2 Å². The molecular weight excluding hydrogens is 242 g/mol. The van der Waals surface area contributed by atoms with Gasteiger partial charge in [0, 0.05) is 5.56 Å². The largest absolute Gasteiger partial charge is 0.497 e. The molecule has 93 valence electrons. The third kappa shape index (κ3) is 3.28. The SMILES string of the molecule is CCC(C(=O)c1ccc(OC)cc1)S([NH])(=O)=O. The number of benzene rings is 1. The van der Waals surface area contributed by atoms with Gasteiger partial charge in [0.15, 0.2) is 5.78 Å². The van der Waals surface area contributed by atoms with Crippen LogP contribution in [0.25, 0.3) is 0 Å². The number of rotatable bonds is 5. The molecule has 1 aromatic rings. The fourth-order valence-electron chi connectivity index (χ4n) is 1.49. The number of ketones is 1. The average Bonchev–Trinajstić information content (AvgIpc) is 2.28. The maximum atomic E-state index is 11.9. The zero-order chi connectivity index (χ0) is 13.1. The second kappa shape index (κ2) is 5.29. The molecule has 0 amide bonds. The number of nitrogens with one attached hydrogen (secondary N) is 1. The van der Waals surface area contributed by atoms with Crippen molar-refractivity contribution >= 4 is 15.8 Å². The van der Waals surface area contributed by atoms with Crippen LogP contribution in [0, 0.1) is 0 Å². The zero-order valence-electron chi connectivity index (χ0n) is 9.64. The highest BCUT2D eigenvalue weighted by atomic mass is 32.2. The van der Waals surface area contributed by atoms with Gasteiger partial charge in [0.2, 0.25) is 10.0 Å². The predicted octanol–water partition coefficient (Wildman–Crippen LogP) is 1.27. The van der Waals surface area contributed by atoms with Crippen LogP contribution < -0.4 is 9.88 Å². The molecule has 6 heteroatoms. The van der Waals surface area contributed by atoms with Gasteiger partial charge in [-0.1, -0.05) is 6.92 Å². The Bertz CT molecular complexity index is 493. The Labute approximate surface area is 101 Å². The predicted molar refractivity (Wildman–Crippen MR) is 63.4 cm³/mol. The number of hydrogen-bond donors (Lipinski definition) is 0. The minimum Gasteiger partial charge on any atom is -0.497 e. The molecule has 5 nitrogen and oxygen atoms in total. The van der Waals surface area contributed by atoms with E-state index in [4.69, 9.17) is 9.88 Å². The molecule has 1 atom stereocenters. The topological polar surface area (TPSA) is 84.2 Å². The van der Waals surface area contributed by atoms with Crippen LogP contribution in [0.1, 0.15) is 23.7 Å². The number of Topliss-reactive ketones (excluding diaryl/α,β-unsaturated/α-hetero) is 1. The lowest BCUT2D eigenvalue weighted by Gasteiger charge is -2.10. The van der Waals surface area contributed by atoms with Crippen LogP contribution in [0.5, 0.6) is 5.75 Å². The van der Waals surface area contributed by atoms with E-state index in [9.17, 15) is 13.2 Å². The molecule has 1 N–H and O–H groups in total. The summed E-state index contributed by atoms with van der Waals surface area (Å²) >= 11 is 0. The fraction of sp³-hybridized carbons (Fsp3) is 0.364. The Kier molecular flexibility index (Phi) is 4.25. The van der Waals surface area contributed by atoms with Gasteiger partial charge in [0.1, 0.15) is 11.0 Å². The minimum absolute atomic E-state index is 0.0939. The molecule has 1 aromatic carbocycles. The molecule has 0 heterocycles. The molecule has 0 aliphatic rings. The second-order valence-electron chi connectivity index (χ2n) is 3.53.